The van der Waals surface area contributed by atoms with E-state index in [0.717, 1.165) is 32.1 Å². The molecule has 5 heteroatoms. The minimum absolute atomic E-state index is 0. The fraction of sp³-hybridized carbons (Fsp3) is 0.857. The molecule has 0 spiro atoms. The molecule has 0 radical (unpaired) electrons. The van der Waals surface area contributed by atoms with Gasteiger partial charge in [0.15, 0.2) is 5.17 Å². The maximum absolute atomic E-state index is 7.62. The first-order valence-corrected chi connectivity index (χ1v) is 4.87. The highest BCUT2D eigenvalue weighted by atomic mass is 79.9. The minimum Gasteiger partial charge on any atom is -0.378 e. The molecule has 0 aromatic rings. The topological polar surface area (TPSA) is 36.3 Å². The van der Waals surface area contributed by atoms with Crippen molar-refractivity contribution in [1.82, 2.24) is 4.90 Å². The minimum atomic E-state index is 0. The van der Waals surface area contributed by atoms with Crippen molar-refractivity contribution in [3.63, 3.8) is 0 Å². The van der Waals surface area contributed by atoms with Gasteiger partial charge in [-0.05, 0) is 5.75 Å². The third-order valence-corrected chi connectivity index (χ3v) is 2.40. The lowest BCUT2D eigenvalue weighted by Gasteiger charge is -2.28. The van der Waals surface area contributed by atoms with Crippen molar-refractivity contribution in [3.8, 4) is 0 Å². The highest BCUT2D eigenvalue weighted by molar-refractivity contribution is 8.93. The molecule has 0 unspecified atom stereocenters. The number of hydrogen-bond acceptors (Lipinski definition) is 3. The molecule has 1 fully saturated rings. The van der Waals surface area contributed by atoms with Gasteiger partial charge in [0.1, 0.15) is 0 Å². The molecule has 1 aliphatic heterocycles. The van der Waals surface area contributed by atoms with Gasteiger partial charge in [-0.3, -0.25) is 5.41 Å². The molecule has 3 nitrogen and oxygen atoms in total. The molecule has 1 aliphatic rings. The lowest BCUT2D eigenvalue weighted by Crippen LogP contribution is -2.39. The third kappa shape index (κ3) is 3.78. The fourth-order valence-corrected chi connectivity index (χ4v) is 1.63. The average molecular weight is 255 g/mol. The Kier molecular flexibility index (Phi) is 6.89. The van der Waals surface area contributed by atoms with E-state index in [9.17, 15) is 0 Å². The van der Waals surface area contributed by atoms with E-state index >= 15 is 0 Å². The number of morpholine rings is 1. The van der Waals surface area contributed by atoms with Gasteiger partial charge in [-0.2, -0.15) is 0 Å². The molecular weight excluding hydrogens is 240 g/mol. The summed E-state index contributed by atoms with van der Waals surface area (Å²) in [6.45, 7) is 5.37. The smallest absolute Gasteiger partial charge is 0.156 e. The maximum atomic E-state index is 7.62. The summed E-state index contributed by atoms with van der Waals surface area (Å²) in [4.78, 5) is 2.07. The van der Waals surface area contributed by atoms with Crippen LogP contribution < -0.4 is 0 Å². The van der Waals surface area contributed by atoms with Gasteiger partial charge in [-0.25, -0.2) is 0 Å². The molecule has 0 aliphatic carbocycles. The summed E-state index contributed by atoms with van der Waals surface area (Å²) in [5.74, 6) is 0.982. The quantitative estimate of drug-likeness (QED) is 0.571. The van der Waals surface area contributed by atoms with E-state index in [1.807, 2.05) is 0 Å². The summed E-state index contributed by atoms with van der Waals surface area (Å²) in [7, 11) is 0. The molecule has 1 saturated heterocycles. The van der Waals surface area contributed by atoms with Crippen molar-refractivity contribution in [2.45, 2.75) is 6.92 Å². The lowest BCUT2D eigenvalue weighted by atomic mass is 10.5. The van der Waals surface area contributed by atoms with Crippen molar-refractivity contribution in [1.29, 1.82) is 5.41 Å². The van der Waals surface area contributed by atoms with Crippen LogP contribution in [0, 0.1) is 5.41 Å². The summed E-state index contributed by atoms with van der Waals surface area (Å²) in [6, 6.07) is 0. The zero-order valence-electron chi connectivity index (χ0n) is 7.21. The normalized spacial score (nSPS) is 16.9. The summed E-state index contributed by atoms with van der Waals surface area (Å²) in [5, 5.41) is 8.31. The second-order valence-corrected chi connectivity index (χ2v) is 3.59. The van der Waals surface area contributed by atoms with Gasteiger partial charge in [-0.1, -0.05) is 18.7 Å². The van der Waals surface area contributed by atoms with Crippen LogP contribution >= 0.6 is 28.7 Å². The van der Waals surface area contributed by atoms with Crippen LogP contribution in [-0.4, -0.2) is 42.1 Å². The lowest BCUT2D eigenvalue weighted by molar-refractivity contribution is 0.0691. The predicted octanol–water partition coefficient (Wildman–Crippen LogP) is 1.58. The van der Waals surface area contributed by atoms with Gasteiger partial charge < -0.3 is 9.64 Å². The number of amidine groups is 1. The van der Waals surface area contributed by atoms with Crippen molar-refractivity contribution < 1.29 is 4.74 Å². The van der Waals surface area contributed by atoms with Crippen LogP contribution in [0.3, 0.4) is 0 Å². The van der Waals surface area contributed by atoms with E-state index in [2.05, 4.69) is 11.8 Å². The molecule has 0 aromatic carbocycles. The first-order chi connectivity index (χ1) is 5.34. The summed E-state index contributed by atoms with van der Waals surface area (Å²) >= 11 is 1.59. The Morgan fingerprint density at radius 3 is 2.58 bits per heavy atom. The molecule has 72 valence electrons. The standard InChI is InChI=1S/C7H14N2OS.BrH/c1-2-11-7(8)9-3-5-10-6-4-9;/h8H,2-6H2,1H3;1H. The third-order valence-electron chi connectivity index (χ3n) is 1.58. The van der Waals surface area contributed by atoms with Crippen LogP contribution in [0.2, 0.25) is 0 Å². The highest BCUT2D eigenvalue weighted by Gasteiger charge is 2.12. The largest absolute Gasteiger partial charge is 0.378 e. The number of rotatable bonds is 1. The second-order valence-electron chi connectivity index (χ2n) is 2.34. The molecule has 0 bridgehead atoms. The molecular formula is C7H15BrN2OS. The van der Waals surface area contributed by atoms with E-state index in [1.165, 1.54) is 0 Å². The number of ether oxygens (including phenoxy) is 1. The van der Waals surface area contributed by atoms with Gasteiger partial charge >= 0.3 is 0 Å². The second kappa shape index (κ2) is 6.74. The van der Waals surface area contributed by atoms with E-state index in [4.69, 9.17) is 10.1 Å². The Morgan fingerprint density at radius 1 is 1.50 bits per heavy atom. The van der Waals surface area contributed by atoms with E-state index in [-0.39, 0.29) is 17.0 Å². The van der Waals surface area contributed by atoms with Crippen LogP contribution in [0.5, 0.6) is 0 Å². The molecule has 0 amide bonds. The summed E-state index contributed by atoms with van der Waals surface area (Å²) < 4.78 is 5.18. The first kappa shape index (κ1) is 12.3. The van der Waals surface area contributed by atoms with Crippen molar-refractivity contribution >= 4 is 33.9 Å². The van der Waals surface area contributed by atoms with Crippen LogP contribution in [0.25, 0.3) is 0 Å². The zero-order chi connectivity index (χ0) is 8.10. The van der Waals surface area contributed by atoms with E-state index in [0.29, 0.717) is 5.17 Å². The number of halogens is 1. The van der Waals surface area contributed by atoms with Crippen LogP contribution in [0.1, 0.15) is 6.92 Å². The Morgan fingerprint density at radius 2 is 2.08 bits per heavy atom. The van der Waals surface area contributed by atoms with Gasteiger partial charge in [0.2, 0.25) is 0 Å². The zero-order valence-corrected chi connectivity index (χ0v) is 9.74. The van der Waals surface area contributed by atoms with E-state index in [1.54, 1.807) is 11.8 Å². The van der Waals surface area contributed by atoms with Gasteiger partial charge in [0.05, 0.1) is 13.2 Å². The van der Waals surface area contributed by atoms with Crippen molar-refractivity contribution in [2.24, 2.45) is 0 Å². The van der Waals surface area contributed by atoms with Crippen molar-refractivity contribution in [3.05, 3.63) is 0 Å². The van der Waals surface area contributed by atoms with Gasteiger partial charge in [0.25, 0.3) is 0 Å². The predicted molar refractivity (Wildman–Crippen MR) is 58.6 cm³/mol. The van der Waals surface area contributed by atoms with E-state index < -0.39 is 0 Å². The van der Waals surface area contributed by atoms with Crippen LogP contribution in [0.4, 0.5) is 0 Å². The monoisotopic (exact) mass is 254 g/mol. The average Bonchev–Trinajstić information content (AvgIpc) is 2.07. The number of nitrogens with zero attached hydrogens (tertiary/aromatic N) is 1. The SMILES string of the molecule is Br.CCSC(=N)N1CCOCC1. The molecule has 1 heterocycles. The molecule has 0 atom stereocenters. The number of nitrogens with one attached hydrogen (secondary N) is 1. The molecule has 0 aromatic heterocycles. The molecule has 12 heavy (non-hydrogen) atoms. The van der Waals surface area contributed by atoms with Crippen LogP contribution in [-0.2, 0) is 4.74 Å². The van der Waals surface area contributed by atoms with Gasteiger partial charge in [-0.15, -0.1) is 17.0 Å². The maximum Gasteiger partial charge on any atom is 0.156 e. The molecule has 1 rings (SSSR count). The first-order valence-electron chi connectivity index (χ1n) is 3.88. The summed E-state index contributed by atoms with van der Waals surface area (Å²) in [6.07, 6.45) is 0. The summed E-state index contributed by atoms with van der Waals surface area (Å²) in [5.41, 5.74) is 0. The fourth-order valence-electron chi connectivity index (χ4n) is 0.994. The highest BCUT2D eigenvalue weighted by Crippen LogP contribution is 2.08. The molecule has 0 saturated carbocycles. The Balaban J connectivity index is 0.00000121. The van der Waals surface area contributed by atoms with Crippen LogP contribution in [0.15, 0.2) is 0 Å². The number of thioether (sulfide) groups is 1. The Hall–Kier alpha value is 0.260. The Labute approximate surface area is 88.1 Å². The Bertz CT molecular complexity index is 139. The van der Waals surface area contributed by atoms with Gasteiger partial charge in [0, 0.05) is 13.1 Å². The van der Waals surface area contributed by atoms with Crippen molar-refractivity contribution in [2.75, 3.05) is 32.1 Å². The molecule has 1 N–H and O–H groups in total. The number of hydrogen-bond donors (Lipinski definition) is 1.